The van der Waals surface area contributed by atoms with Gasteiger partial charge < -0.3 is 14.5 Å². The molecule has 0 aliphatic carbocycles. The molecule has 0 radical (unpaired) electrons. The zero-order valence-electron chi connectivity index (χ0n) is 15.5. The SMILES string of the molecule is CCOc1cc(-c2cc(C)[nH]c(=O)c2C#N)ccc1OC(=O)c1ccccc1. The van der Waals surface area contributed by atoms with E-state index in [0.717, 1.165) is 0 Å². The summed E-state index contributed by atoms with van der Waals surface area (Å²) in [4.78, 5) is 27.0. The molecule has 0 spiro atoms. The number of benzene rings is 2. The van der Waals surface area contributed by atoms with E-state index in [0.29, 0.717) is 34.7 Å². The van der Waals surface area contributed by atoms with Crippen LogP contribution in [0.2, 0.25) is 0 Å². The third-order valence-corrected chi connectivity index (χ3v) is 4.05. The van der Waals surface area contributed by atoms with E-state index >= 15 is 0 Å². The van der Waals surface area contributed by atoms with Gasteiger partial charge in [0.15, 0.2) is 11.5 Å². The monoisotopic (exact) mass is 374 g/mol. The summed E-state index contributed by atoms with van der Waals surface area (Å²) in [7, 11) is 0. The number of pyridine rings is 1. The molecule has 140 valence electrons. The van der Waals surface area contributed by atoms with Crippen molar-refractivity contribution in [2.45, 2.75) is 13.8 Å². The molecular weight excluding hydrogens is 356 g/mol. The maximum atomic E-state index is 12.3. The number of aryl methyl sites for hydroxylation is 1. The summed E-state index contributed by atoms with van der Waals surface area (Å²) in [6, 6.07) is 17.2. The van der Waals surface area contributed by atoms with Crippen molar-refractivity contribution in [3.63, 3.8) is 0 Å². The Kier molecular flexibility index (Phi) is 5.56. The lowest BCUT2D eigenvalue weighted by Crippen LogP contribution is -2.13. The molecule has 28 heavy (non-hydrogen) atoms. The number of rotatable bonds is 5. The predicted octanol–water partition coefficient (Wildman–Crippen LogP) is 3.84. The number of carbonyl (C=O) groups excluding carboxylic acids is 1. The van der Waals surface area contributed by atoms with Gasteiger partial charge in [-0.05, 0) is 49.7 Å². The number of hydrogen-bond donors (Lipinski definition) is 1. The van der Waals surface area contributed by atoms with Crippen molar-refractivity contribution >= 4 is 5.97 Å². The van der Waals surface area contributed by atoms with Crippen molar-refractivity contribution in [2.75, 3.05) is 6.61 Å². The van der Waals surface area contributed by atoms with Crippen LogP contribution in [-0.2, 0) is 0 Å². The van der Waals surface area contributed by atoms with Crippen molar-refractivity contribution in [1.82, 2.24) is 4.98 Å². The van der Waals surface area contributed by atoms with E-state index in [1.165, 1.54) is 0 Å². The first-order chi connectivity index (χ1) is 13.5. The number of nitriles is 1. The molecule has 0 bridgehead atoms. The van der Waals surface area contributed by atoms with Gasteiger partial charge in [-0.15, -0.1) is 0 Å². The molecule has 0 aliphatic rings. The number of ether oxygens (including phenoxy) is 2. The van der Waals surface area contributed by atoms with E-state index in [-0.39, 0.29) is 11.3 Å². The molecule has 0 saturated heterocycles. The van der Waals surface area contributed by atoms with Crippen LogP contribution in [-0.4, -0.2) is 17.6 Å². The number of hydrogen-bond acceptors (Lipinski definition) is 5. The molecule has 0 atom stereocenters. The Morgan fingerprint density at radius 3 is 2.54 bits per heavy atom. The maximum Gasteiger partial charge on any atom is 0.343 e. The zero-order chi connectivity index (χ0) is 20.1. The minimum absolute atomic E-state index is 0.0158. The Bertz CT molecular complexity index is 1110. The highest BCUT2D eigenvalue weighted by Crippen LogP contribution is 2.34. The fourth-order valence-corrected chi connectivity index (χ4v) is 2.79. The second-order valence-electron chi connectivity index (χ2n) is 6.03. The highest BCUT2D eigenvalue weighted by atomic mass is 16.6. The molecule has 6 heteroatoms. The number of carbonyl (C=O) groups is 1. The number of aromatic amines is 1. The van der Waals surface area contributed by atoms with Gasteiger partial charge in [0.25, 0.3) is 5.56 Å². The van der Waals surface area contributed by atoms with E-state index in [1.807, 2.05) is 19.1 Å². The molecule has 2 aromatic carbocycles. The van der Waals surface area contributed by atoms with Crippen molar-refractivity contribution in [3.05, 3.63) is 81.8 Å². The van der Waals surface area contributed by atoms with Crippen LogP contribution in [0, 0.1) is 18.3 Å². The average molecular weight is 374 g/mol. The van der Waals surface area contributed by atoms with Crippen LogP contribution in [0.1, 0.15) is 28.5 Å². The predicted molar refractivity (Wildman–Crippen MR) is 105 cm³/mol. The van der Waals surface area contributed by atoms with Gasteiger partial charge in [-0.25, -0.2) is 4.79 Å². The molecule has 1 aromatic heterocycles. The summed E-state index contributed by atoms with van der Waals surface area (Å²) in [5, 5.41) is 9.35. The summed E-state index contributed by atoms with van der Waals surface area (Å²) in [5.41, 5.74) is 1.74. The van der Waals surface area contributed by atoms with Crippen LogP contribution in [0.25, 0.3) is 11.1 Å². The second-order valence-corrected chi connectivity index (χ2v) is 6.03. The van der Waals surface area contributed by atoms with Gasteiger partial charge in [-0.2, -0.15) is 5.26 Å². The quantitative estimate of drug-likeness (QED) is 0.541. The van der Waals surface area contributed by atoms with E-state index in [2.05, 4.69) is 4.98 Å². The number of esters is 1. The van der Waals surface area contributed by atoms with Crippen molar-refractivity contribution < 1.29 is 14.3 Å². The summed E-state index contributed by atoms with van der Waals surface area (Å²) in [5.74, 6) is 0.115. The van der Waals surface area contributed by atoms with Crippen LogP contribution in [0.3, 0.4) is 0 Å². The second kappa shape index (κ2) is 8.23. The van der Waals surface area contributed by atoms with Gasteiger partial charge in [-0.1, -0.05) is 24.3 Å². The first-order valence-corrected chi connectivity index (χ1v) is 8.72. The minimum Gasteiger partial charge on any atom is -0.490 e. The molecule has 1 N–H and O–H groups in total. The van der Waals surface area contributed by atoms with Crippen LogP contribution < -0.4 is 15.0 Å². The van der Waals surface area contributed by atoms with Gasteiger partial charge in [0.05, 0.1) is 12.2 Å². The normalized spacial score (nSPS) is 10.2. The van der Waals surface area contributed by atoms with Gasteiger partial charge in [0.2, 0.25) is 0 Å². The Morgan fingerprint density at radius 2 is 1.86 bits per heavy atom. The lowest BCUT2D eigenvalue weighted by atomic mass is 10.0. The molecule has 6 nitrogen and oxygen atoms in total. The standard InChI is InChI=1S/C22H18N2O4/c1-3-27-20-12-16(17-11-14(2)24-21(25)18(17)13-23)9-10-19(20)28-22(26)15-7-5-4-6-8-15/h4-12H,3H2,1-2H3,(H,24,25). The zero-order valence-corrected chi connectivity index (χ0v) is 15.5. The fraction of sp³-hybridized carbons (Fsp3) is 0.136. The maximum absolute atomic E-state index is 12.3. The molecule has 0 fully saturated rings. The number of nitrogens with zero attached hydrogens (tertiary/aromatic N) is 1. The lowest BCUT2D eigenvalue weighted by Gasteiger charge is -2.13. The Balaban J connectivity index is 2.02. The van der Waals surface area contributed by atoms with Gasteiger partial charge in [0, 0.05) is 11.3 Å². The Labute approximate surface area is 162 Å². The molecule has 0 aliphatic heterocycles. The van der Waals surface area contributed by atoms with E-state index in [4.69, 9.17) is 9.47 Å². The number of nitrogens with one attached hydrogen (secondary N) is 1. The molecule has 0 unspecified atom stereocenters. The lowest BCUT2D eigenvalue weighted by molar-refractivity contribution is 0.0728. The molecule has 1 heterocycles. The van der Waals surface area contributed by atoms with Crippen LogP contribution >= 0.6 is 0 Å². The Morgan fingerprint density at radius 1 is 1.11 bits per heavy atom. The van der Waals surface area contributed by atoms with E-state index in [1.54, 1.807) is 55.5 Å². The largest absolute Gasteiger partial charge is 0.490 e. The topological polar surface area (TPSA) is 92.2 Å². The van der Waals surface area contributed by atoms with Crippen molar-refractivity contribution in [2.24, 2.45) is 0 Å². The van der Waals surface area contributed by atoms with Crippen LogP contribution in [0.4, 0.5) is 0 Å². The van der Waals surface area contributed by atoms with Crippen LogP contribution in [0.5, 0.6) is 11.5 Å². The average Bonchev–Trinajstić information content (AvgIpc) is 2.69. The van der Waals surface area contributed by atoms with Gasteiger partial charge in [-0.3, -0.25) is 4.79 Å². The number of H-pyrrole nitrogens is 1. The summed E-state index contributed by atoms with van der Waals surface area (Å²) in [6.07, 6.45) is 0. The van der Waals surface area contributed by atoms with Crippen molar-refractivity contribution in [1.29, 1.82) is 5.26 Å². The van der Waals surface area contributed by atoms with E-state index in [9.17, 15) is 14.9 Å². The summed E-state index contributed by atoms with van der Waals surface area (Å²) in [6.45, 7) is 3.91. The first kappa shape index (κ1) is 18.9. The smallest absolute Gasteiger partial charge is 0.343 e. The summed E-state index contributed by atoms with van der Waals surface area (Å²) < 4.78 is 11.1. The molecular formula is C22H18N2O4. The molecule has 3 rings (SSSR count). The third kappa shape index (κ3) is 3.94. The van der Waals surface area contributed by atoms with Crippen LogP contribution in [0.15, 0.2) is 59.4 Å². The summed E-state index contributed by atoms with van der Waals surface area (Å²) >= 11 is 0. The molecule has 0 saturated carbocycles. The first-order valence-electron chi connectivity index (χ1n) is 8.72. The Hall–Kier alpha value is -3.85. The van der Waals surface area contributed by atoms with Gasteiger partial charge in [0.1, 0.15) is 11.6 Å². The molecule has 0 amide bonds. The highest BCUT2D eigenvalue weighted by molar-refractivity contribution is 5.91. The van der Waals surface area contributed by atoms with Crippen molar-refractivity contribution in [3.8, 4) is 28.7 Å². The fourth-order valence-electron chi connectivity index (χ4n) is 2.79. The van der Waals surface area contributed by atoms with E-state index < -0.39 is 11.5 Å². The van der Waals surface area contributed by atoms with Gasteiger partial charge >= 0.3 is 5.97 Å². The third-order valence-electron chi connectivity index (χ3n) is 4.05. The number of aromatic nitrogens is 1. The molecule has 3 aromatic rings. The highest BCUT2D eigenvalue weighted by Gasteiger charge is 2.16. The minimum atomic E-state index is -0.501.